The average molecular weight is 141 g/mol. The maximum absolute atomic E-state index is 10.1. The molecule has 0 bridgehead atoms. The number of hydrogen-bond acceptors (Lipinski definition) is 1. The molecule has 3 heteroatoms. The zero-order valence-corrected chi connectivity index (χ0v) is 5.79. The van der Waals surface area contributed by atoms with Crippen molar-refractivity contribution in [1.82, 2.24) is 4.90 Å². The third kappa shape index (κ3) is 2.40. The van der Waals surface area contributed by atoms with Crippen LogP contribution in [0.15, 0.2) is 0 Å². The Labute approximate surface area is 60.6 Å². The van der Waals surface area contributed by atoms with Crippen molar-refractivity contribution >= 4 is 6.09 Å². The summed E-state index contributed by atoms with van der Waals surface area (Å²) < 4.78 is 0. The first-order valence-corrected chi connectivity index (χ1v) is 3.12. The molecule has 10 heavy (non-hydrogen) atoms. The van der Waals surface area contributed by atoms with Crippen molar-refractivity contribution in [1.29, 1.82) is 0 Å². The van der Waals surface area contributed by atoms with E-state index >= 15 is 0 Å². The summed E-state index contributed by atoms with van der Waals surface area (Å²) in [4.78, 5) is 11.6. The molecule has 0 aromatic heterocycles. The van der Waals surface area contributed by atoms with Gasteiger partial charge in [0.15, 0.2) is 0 Å². The molecule has 1 aliphatic rings. The summed E-state index contributed by atoms with van der Waals surface area (Å²) in [5, 5.41) is 8.34. The van der Waals surface area contributed by atoms with E-state index in [-0.39, 0.29) is 0 Å². The minimum Gasteiger partial charge on any atom is -0.465 e. The van der Waals surface area contributed by atoms with Gasteiger partial charge in [-0.1, -0.05) is 0 Å². The van der Waals surface area contributed by atoms with E-state index in [9.17, 15) is 4.79 Å². The quantitative estimate of drug-likeness (QED) is 0.511. The van der Waals surface area contributed by atoms with Gasteiger partial charge in [0.2, 0.25) is 0 Å². The Morgan fingerprint density at radius 3 is 1.90 bits per heavy atom. The molecule has 0 radical (unpaired) electrons. The average Bonchev–Trinajstić information content (AvgIpc) is 2.42. The van der Waals surface area contributed by atoms with Gasteiger partial charge in [-0.15, -0.1) is 12.8 Å². The van der Waals surface area contributed by atoms with Crippen molar-refractivity contribution in [2.75, 3.05) is 13.1 Å². The fourth-order valence-electron chi connectivity index (χ4n) is 0.908. The first-order chi connectivity index (χ1) is 4.80. The van der Waals surface area contributed by atoms with Crippen LogP contribution in [-0.2, 0) is 0 Å². The Bertz CT molecular complexity index is 125. The van der Waals surface area contributed by atoms with E-state index in [0.717, 1.165) is 25.9 Å². The number of likely N-dealkylation sites (tertiary alicyclic amines) is 1. The van der Waals surface area contributed by atoms with Crippen molar-refractivity contribution in [3.8, 4) is 12.8 Å². The van der Waals surface area contributed by atoms with Gasteiger partial charge in [0, 0.05) is 13.1 Å². The van der Waals surface area contributed by atoms with Gasteiger partial charge in [-0.3, -0.25) is 0 Å². The fraction of sp³-hybridized carbons (Fsp3) is 0.571. The molecule has 56 valence electrons. The summed E-state index contributed by atoms with van der Waals surface area (Å²) in [5.41, 5.74) is 0. The van der Waals surface area contributed by atoms with E-state index in [0.29, 0.717) is 0 Å². The molecule has 0 aromatic rings. The fourth-order valence-corrected chi connectivity index (χ4v) is 0.908. The lowest BCUT2D eigenvalue weighted by Gasteiger charge is -2.07. The lowest BCUT2D eigenvalue weighted by molar-refractivity contribution is 0.156. The van der Waals surface area contributed by atoms with Crippen molar-refractivity contribution in [2.24, 2.45) is 0 Å². The van der Waals surface area contributed by atoms with Crippen LogP contribution in [-0.4, -0.2) is 29.2 Å². The highest BCUT2D eigenvalue weighted by atomic mass is 16.4. The molecule has 0 unspecified atom stereocenters. The number of amides is 1. The largest absolute Gasteiger partial charge is 0.465 e. The smallest absolute Gasteiger partial charge is 0.407 e. The lowest BCUT2D eigenvalue weighted by Crippen LogP contribution is -2.25. The Hall–Kier alpha value is -1.17. The topological polar surface area (TPSA) is 40.5 Å². The van der Waals surface area contributed by atoms with Crippen molar-refractivity contribution in [2.45, 2.75) is 12.8 Å². The van der Waals surface area contributed by atoms with Gasteiger partial charge in [-0.05, 0) is 12.8 Å². The molecule has 1 rings (SSSR count). The van der Waals surface area contributed by atoms with E-state index in [1.165, 1.54) is 4.90 Å². The molecule has 1 amide bonds. The van der Waals surface area contributed by atoms with Crippen molar-refractivity contribution in [3.05, 3.63) is 0 Å². The number of carbonyl (C=O) groups is 1. The van der Waals surface area contributed by atoms with Crippen LogP contribution in [0, 0.1) is 12.8 Å². The zero-order valence-electron chi connectivity index (χ0n) is 5.79. The molecule has 0 saturated carbocycles. The Morgan fingerprint density at radius 2 is 1.70 bits per heavy atom. The minimum atomic E-state index is -0.775. The second-order valence-corrected chi connectivity index (χ2v) is 1.98. The summed E-state index contributed by atoms with van der Waals surface area (Å²) in [7, 11) is 0. The zero-order chi connectivity index (χ0) is 7.98. The van der Waals surface area contributed by atoms with E-state index in [4.69, 9.17) is 5.11 Å². The molecule has 1 fully saturated rings. The molecular weight excluding hydrogens is 130 g/mol. The molecule has 0 aromatic carbocycles. The summed E-state index contributed by atoms with van der Waals surface area (Å²) in [6, 6.07) is 0. The van der Waals surface area contributed by atoms with Gasteiger partial charge < -0.3 is 10.0 Å². The summed E-state index contributed by atoms with van der Waals surface area (Å²) in [6.45, 7) is 1.46. The number of hydrogen-bond donors (Lipinski definition) is 1. The van der Waals surface area contributed by atoms with E-state index < -0.39 is 6.09 Å². The van der Waals surface area contributed by atoms with Crippen LogP contribution in [0.1, 0.15) is 12.8 Å². The third-order valence-corrected chi connectivity index (χ3v) is 1.38. The summed E-state index contributed by atoms with van der Waals surface area (Å²) >= 11 is 0. The first kappa shape index (κ1) is 8.83. The van der Waals surface area contributed by atoms with E-state index in [1.54, 1.807) is 0 Å². The van der Waals surface area contributed by atoms with Crippen LogP contribution in [0.5, 0.6) is 0 Å². The maximum atomic E-state index is 10.1. The van der Waals surface area contributed by atoms with Crippen LogP contribution < -0.4 is 0 Å². The number of carboxylic acid groups (broad SMARTS) is 1. The molecular formula is C7H11NO2. The van der Waals surface area contributed by atoms with Gasteiger partial charge in [0.05, 0.1) is 0 Å². The van der Waals surface area contributed by atoms with Crippen LogP contribution >= 0.6 is 0 Å². The minimum absolute atomic E-state index is 0.731. The second-order valence-electron chi connectivity index (χ2n) is 1.98. The van der Waals surface area contributed by atoms with Crippen LogP contribution in [0.3, 0.4) is 0 Å². The monoisotopic (exact) mass is 141 g/mol. The SMILES string of the molecule is C#C.O=C(O)N1CCCC1. The molecule has 0 aliphatic carbocycles. The van der Waals surface area contributed by atoms with E-state index in [2.05, 4.69) is 12.8 Å². The summed E-state index contributed by atoms with van der Waals surface area (Å²) in [6.07, 6.45) is 9.29. The van der Waals surface area contributed by atoms with Gasteiger partial charge in [0.25, 0.3) is 0 Å². The Kier molecular flexibility index (Phi) is 4.14. The molecule has 3 nitrogen and oxygen atoms in total. The van der Waals surface area contributed by atoms with Gasteiger partial charge in [0.1, 0.15) is 0 Å². The summed E-state index contributed by atoms with van der Waals surface area (Å²) in [5.74, 6) is 0. The van der Waals surface area contributed by atoms with Crippen molar-refractivity contribution < 1.29 is 9.90 Å². The van der Waals surface area contributed by atoms with Crippen LogP contribution in [0.25, 0.3) is 0 Å². The van der Waals surface area contributed by atoms with Crippen LogP contribution in [0.4, 0.5) is 4.79 Å². The molecule has 1 heterocycles. The maximum Gasteiger partial charge on any atom is 0.407 e. The molecule has 1 N–H and O–H groups in total. The number of terminal acetylenes is 1. The first-order valence-electron chi connectivity index (χ1n) is 3.12. The van der Waals surface area contributed by atoms with E-state index in [1.807, 2.05) is 0 Å². The number of rotatable bonds is 0. The second kappa shape index (κ2) is 4.68. The molecule has 1 saturated heterocycles. The number of nitrogens with zero attached hydrogens (tertiary/aromatic N) is 1. The highest BCUT2D eigenvalue weighted by Gasteiger charge is 2.15. The highest BCUT2D eigenvalue weighted by molar-refractivity contribution is 5.65. The molecule has 1 aliphatic heterocycles. The van der Waals surface area contributed by atoms with Crippen molar-refractivity contribution in [3.63, 3.8) is 0 Å². The third-order valence-electron chi connectivity index (χ3n) is 1.38. The van der Waals surface area contributed by atoms with Gasteiger partial charge >= 0.3 is 6.09 Å². The normalized spacial score (nSPS) is 15.6. The van der Waals surface area contributed by atoms with Crippen LogP contribution in [0.2, 0.25) is 0 Å². The standard InChI is InChI=1S/C5H9NO2.C2H2/c7-5(8)6-3-1-2-4-6;1-2/h1-4H2,(H,7,8);1-2H. The molecule has 0 spiro atoms. The predicted molar refractivity (Wildman–Crippen MR) is 38.7 cm³/mol. The Morgan fingerprint density at radius 1 is 1.30 bits per heavy atom. The van der Waals surface area contributed by atoms with Gasteiger partial charge in [-0.25, -0.2) is 4.79 Å². The van der Waals surface area contributed by atoms with Gasteiger partial charge in [-0.2, -0.15) is 0 Å². The Balaban J connectivity index is 0.000000371. The predicted octanol–water partition coefficient (Wildman–Crippen LogP) is 1.01. The highest BCUT2D eigenvalue weighted by Crippen LogP contribution is 2.05. The molecule has 0 atom stereocenters. The lowest BCUT2D eigenvalue weighted by atomic mass is 10.4.